The zero-order valence-electron chi connectivity index (χ0n) is 11.4. The molecule has 2 amide bonds. The highest BCUT2D eigenvalue weighted by Crippen LogP contribution is 2.17. The molecule has 22 heavy (non-hydrogen) atoms. The number of rotatable bonds is 4. The van der Waals surface area contributed by atoms with E-state index in [9.17, 15) is 9.59 Å². The highest BCUT2D eigenvalue weighted by atomic mass is 79.9. The van der Waals surface area contributed by atoms with E-state index in [1.807, 2.05) is 12.1 Å². The molecule has 0 aliphatic carbocycles. The highest BCUT2D eigenvalue weighted by Gasteiger charge is 2.06. The van der Waals surface area contributed by atoms with Crippen molar-refractivity contribution in [1.29, 1.82) is 0 Å². The molecule has 0 aliphatic heterocycles. The molecule has 0 heterocycles. The summed E-state index contributed by atoms with van der Waals surface area (Å²) in [6.45, 7) is 0. The van der Waals surface area contributed by atoms with Crippen molar-refractivity contribution < 1.29 is 14.8 Å². The minimum Gasteiger partial charge on any atom is -0.322 e. The van der Waals surface area contributed by atoms with Crippen molar-refractivity contribution in [2.75, 3.05) is 5.32 Å². The minimum absolute atomic E-state index is 0.250. The number of carbonyl (C=O) groups excluding carboxylic acids is 2. The lowest BCUT2D eigenvalue weighted by molar-refractivity contribution is -0.124. The van der Waals surface area contributed by atoms with Gasteiger partial charge in [-0.05, 0) is 42.0 Å². The van der Waals surface area contributed by atoms with Gasteiger partial charge < -0.3 is 5.32 Å². The van der Waals surface area contributed by atoms with E-state index in [1.54, 1.807) is 36.4 Å². The van der Waals surface area contributed by atoms with Gasteiger partial charge in [-0.25, -0.2) is 5.48 Å². The van der Waals surface area contributed by atoms with Gasteiger partial charge in [-0.1, -0.05) is 34.1 Å². The molecule has 2 aromatic rings. The number of hydrogen-bond acceptors (Lipinski definition) is 3. The number of amides is 2. The minimum atomic E-state index is -0.635. The Hall–Kier alpha value is -2.44. The number of halogens is 1. The van der Waals surface area contributed by atoms with Crippen molar-refractivity contribution in [3.05, 3.63) is 70.2 Å². The Labute approximate surface area is 135 Å². The maximum atomic E-state index is 12.2. The van der Waals surface area contributed by atoms with E-state index in [4.69, 9.17) is 5.21 Å². The molecule has 0 aliphatic rings. The Bertz CT molecular complexity index is 729. The van der Waals surface area contributed by atoms with E-state index >= 15 is 0 Å². The van der Waals surface area contributed by atoms with Crippen LogP contribution in [0.5, 0.6) is 0 Å². The molecule has 3 N–H and O–H groups in total. The zero-order valence-corrected chi connectivity index (χ0v) is 13.0. The second-order valence-corrected chi connectivity index (χ2v) is 5.31. The molecular formula is C16H13BrN2O3. The normalized spacial score (nSPS) is 10.5. The number of anilines is 1. The molecule has 0 aromatic heterocycles. The average molecular weight is 361 g/mol. The van der Waals surface area contributed by atoms with Crippen LogP contribution in [0.2, 0.25) is 0 Å². The van der Waals surface area contributed by atoms with Crippen molar-refractivity contribution in [2.24, 2.45) is 0 Å². The summed E-state index contributed by atoms with van der Waals surface area (Å²) in [5.74, 6) is -0.885. The van der Waals surface area contributed by atoms with Gasteiger partial charge in [-0.2, -0.15) is 0 Å². The van der Waals surface area contributed by atoms with Gasteiger partial charge in [0.05, 0.1) is 0 Å². The van der Waals surface area contributed by atoms with Crippen LogP contribution in [0.4, 0.5) is 5.69 Å². The van der Waals surface area contributed by atoms with E-state index < -0.39 is 5.91 Å². The summed E-state index contributed by atoms with van der Waals surface area (Å²) >= 11 is 3.34. The first-order valence-electron chi connectivity index (χ1n) is 6.37. The number of hydroxylamine groups is 1. The van der Waals surface area contributed by atoms with Crippen LogP contribution in [-0.4, -0.2) is 17.0 Å². The third-order valence-corrected chi connectivity index (χ3v) is 3.26. The van der Waals surface area contributed by atoms with Crippen molar-refractivity contribution >= 4 is 39.5 Å². The number of benzene rings is 2. The van der Waals surface area contributed by atoms with Crippen molar-refractivity contribution in [1.82, 2.24) is 5.48 Å². The average Bonchev–Trinajstić information content (AvgIpc) is 2.53. The first kappa shape index (κ1) is 15.9. The predicted octanol–water partition coefficient (Wildman–Crippen LogP) is 3.22. The summed E-state index contributed by atoms with van der Waals surface area (Å²) in [6.07, 6.45) is 2.67. The van der Waals surface area contributed by atoms with Crippen molar-refractivity contribution in [3.8, 4) is 0 Å². The second-order valence-electron chi connectivity index (χ2n) is 4.40. The third kappa shape index (κ3) is 4.54. The molecule has 0 saturated heterocycles. The van der Waals surface area contributed by atoms with Gasteiger partial charge in [0, 0.05) is 21.8 Å². The van der Waals surface area contributed by atoms with Gasteiger partial charge in [0.2, 0.25) is 0 Å². The lowest BCUT2D eigenvalue weighted by Gasteiger charge is -2.06. The fourth-order valence-corrected chi connectivity index (χ4v) is 2.16. The zero-order chi connectivity index (χ0) is 15.9. The quantitative estimate of drug-likeness (QED) is 0.445. The lowest BCUT2D eigenvalue weighted by Crippen LogP contribution is -2.14. The Morgan fingerprint density at radius 3 is 2.59 bits per heavy atom. The van der Waals surface area contributed by atoms with Gasteiger partial charge >= 0.3 is 0 Å². The molecule has 0 saturated carbocycles. The van der Waals surface area contributed by atoms with Gasteiger partial charge in [0.25, 0.3) is 11.8 Å². The van der Waals surface area contributed by atoms with Gasteiger partial charge in [0.1, 0.15) is 0 Å². The Morgan fingerprint density at radius 1 is 1.09 bits per heavy atom. The van der Waals surface area contributed by atoms with Crippen LogP contribution in [0.3, 0.4) is 0 Å². The van der Waals surface area contributed by atoms with Crippen LogP contribution >= 0.6 is 15.9 Å². The molecule has 0 radical (unpaired) electrons. The predicted molar refractivity (Wildman–Crippen MR) is 87.5 cm³/mol. The molecule has 0 atom stereocenters. The van der Waals surface area contributed by atoms with Crippen molar-refractivity contribution in [3.63, 3.8) is 0 Å². The van der Waals surface area contributed by atoms with Gasteiger partial charge in [-0.15, -0.1) is 0 Å². The smallest absolute Gasteiger partial charge is 0.267 e. The molecule has 0 fully saturated rings. The van der Waals surface area contributed by atoms with Crippen LogP contribution in [0.1, 0.15) is 15.9 Å². The van der Waals surface area contributed by atoms with E-state index in [2.05, 4.69) is 21.2 Å². The molecule has 0 bridgehead atoms. The summed E-state index contributed by atoms with van der Waals surface area (Å²) in [4.78, 5) is 23.1. The van der Waals surface area contributed by atoms with E-state index in [0.29, 0.717) is 16.8 Å². The molecule has 2 aromatic carbocycles. The van der Waals surface area contributed by atoms with Gasteiger partial charge in [-0.3, -0.25) is 14.8 Å². The van der Waals surface area contributed by atoms with E-state index in [0.717, 1.165) is 4.47 Å². The molecular weight excluding hydrogens is 348 g/mol. The van der Waals surface area contributed by atoms with Crippen LogP contribution < -0.4 is 10.8 Å². The van der Waals surface area contributed by atoms with Crippen LogP contribution in [-0.2, 0) is 4.79 Å². The maximum Gasteiger partial charge on any atom is 0.267 e. The van der Waals surface area contributed by atoms with Crippen LogP contribution in [0, 0.1) is 0 Å². The van der Waals surface area contributed by atoms with Gasteiger partial charge in [0.15, 0.2) is 0 Å². The monoisotopic (exact) mass is 360 g/mol. The van der Waals surface area contributed by atoms with E-state index in [1.165, 1.54) is 17.6 Å². The Morgan fingerprint density at radius 2 is 1.86 bits per heavy atom. The largest absolute Gasteiger partial charge is 0.322 e. The molecule has 2 rings (SSSR count). The number of nitrogens with one attached hydrogen (secondary N) is 2. The first-order chi connectivity index (χ1) is 10.6. The first-order valence-corrected chi connectivity index (χ1v) is 7.17. The van der Waals surface area contributed by atoms with Crippen molar-refractivity contribution in [2.45, 2.75) is 0 Å². The Balaban J connectivity index is 2.13. The number of hydrogen-bond donors (Lipinski definition) is 3. The highest BCUT2D eigenvalue weighted by molar-refractivity contribution is 9.10. The Kier molecular flexibility index (Phi) is 5.46. The fourth-order valence-electron chi connectivity index (χ4n) is 1.76. The SMILES string of the molecule is O=C(/C=C/c1cccc(C(=O)Nc2cccc(Br)c2)c1)NO. The summed E-state index contributed by atoms with van der Waals surface area (Å²) in [7, 11) is 0. The summed E-state index contributed by atoms with van der Waals surface area (Å²) < 4.78 is 0.872. The topological polar surface area (TPSA) is 78.4 Å². The molecule has 0 spiro atoms. The molecule has 112 valence electrons. The molecule has 6 heteroatoms. The standard InChI is InChI=1S/C16H13BrN2O3/c17-13-5-2-6-14(10-13)18-16(21)12-4-1-3-11(9-12)7-8-15(20)19-22/h1-10,22H,(H,18,21)(H,19,20)/b8-7+. The summed E-state index contributed by atoms with van der Waals surface area (Å²) in [5.41, 5.74) is 3.32. The second kappa shape index (κ2) is 7.53. The lowest BCUT2D eigenvalue weighted by atomic mass is 10.1. The summed E-state index contributed by atoms with van der Waals surface area (Å²) in [6, 6.07) is 14.1. The van der Waals surface area contributed by atoms with E-state index in [-0.39, 0.29) is 5.91 Å². The van der Waals surface area contributed by atoms with Crippen LogP contribution in [0.25, 0.3) is 6.08 Å². The van der Waals surface area contributed by atoms with Crippen LogP contribution in [0.15, 0.2) is 59.1 Å². The summed E-state index contributed by atoms with van der Waals surface area (Å²) in [5, 5.41) is 11.2. The molecule has 0 unspecified atom stereocenters. The number of carbonyl (C=O) groups is 2. The maximum absolute atomic E-state index is 12.2. The third-order valence-electron chi connectivity index (χ3n) is 2.77. The fraction of sp³-hybridized carbons (Fsp3) is 0. The molecule has 5 nitrogen and oxygen atoms in total.